The first-order valence-corrected chi connectivity index (χ1v) is 44.0. The molecule has 10 N–H and O–H groups in total. The van der Waals surface area contributed by atoms with Crippen LogP contribution < -0.4 is 27.4 Å². The summed E-state index contributed by atoms with van der Waals surface area (Å²) >= 11 is 10.7. The van der Waals surface area contributed by atoms with Crippen LogP contribution in [0.5, 0.6) is 0 Å². The number of aliphatic hydroxyl groups is 2. The minimum atomic E-state index is -0.820. The van der Waals surface area contributed by atoms with Crippen LogP contribution in [0.25, 0.3) is 20.9 Å². The number of benzene rings is 2. The van der Waals surface area contributed by atoms with E-state index < -0.39 is 53.2 Å². The number of nitrogens with zero attached hydrogens (tertiary/aromatic N) is 4. The van der Waals surface area contributed by atoms with Crippen LogP contribution >= 0.6 is 75.8 Å². The molecule has 101 heavy (non-hydrogen) atoms. The number of unbranched alkanes of at least 4 members (excludes halogenated alkanes) is 4. The average molecular weight is 1740 g/mol. The number of carbonyl (C=O) groups excluding carboxylic acids is 6. The molecule has 2 aromatic carbocycles. The zero-order valence-electron chi connectivity index (χ0n) is 62.1. The van der Waals surface area contributed by atoms with Crippen LogP contribution in [0.3, 0.4) is 0 Å². The maximum atomic E-state index is 13.7. The summed E-state index contributed by atoms with van der Waals surface area (Å²) in [6.07, 6.45) is 7.85. The fourth-order valence-corrected chi connectivity index (χ4v) is 12.0. The number of rotatable bonds is 33. The van der Waals surface area contributed by atoms with E-state index in [0.29, 0.717) is 58.8 Å². The van der Waals surface area contributed by atoms with Crippen molar-refractivity contribution < 1.29 is 67.8 Å². The second-order valence-electron chi connectivity index (χ2n) is 27.6. The largest absolute Gasteiger partial charge is 0.481 e. The highest BCUT2D eigenvalue weighted by Gasteiger charge is 2.45. The number of esters is 1. The van der Waals surface area contributed by atoms with Gasteiger partial charge in [-0.2, -0.15) is 0 Å². The first-order valence-electron chi connectivity index (χ1n) is 34.8. The third-order valence-corrected chi connectivity index (χ3v) is 17.9. The van der Waals surface area contributed by atoms with Crippen molar-refractivity contribution in [2.75, 3.05) is 65.1 Å². The molecule has 0 radical (unpaired) electrons. The zero-order chi connectivity index (χ0) is 76.3. The van der Waals surface area contributed by atoms with E-state index in [-0.39, 0.29) is 73.5 Å². The molecule has 23 nitrogen and oxygen atoms in total. The monoisotopic (exact) mass is 1740 g/mol. The number of nitrogens with one attached hydrogen (secondary N) is 3. The molecule has 2 aromatic heterocycles. The van der Waals surface area contributed by atoms with Gasteiger partial charge < -0.3 is 71.5 Å². The molecule has 4 aromatic rings. The van der Waals surface area contributed by atoms with Gasteiger partial charge in [0.15, 0.2) is 0 Å². The van der Waals surface area contributed by atoms with E-state index in [1.165, 1.54) is 16.8 Å². The molecule has 6 atom stereocenters. The highest BCUT2D eigenvalue weighted by molar-refractivity contribution is 15.0. The minimum Gasteiger partial charge on any atom is -0.481 e. The van der Waals surface area contributed by atoms with Crippen LogP contribution in [0.1, 0.15) is 189 Å². The maximum absolute atomic E-state index is 13.7. The number of carbonyl (C=O) groups is 7. The van der Waals surface area contributed by atoms with Gasteiger partial charge in [0.25, 0.3) is 0 Å². The van der Waals surface area contributed by atoms with Crippen LogP contribution in [0.15, 0.2) is 59.6 Å². The zero-order valence-corrected chi connectivity index (χ0v) is 69.7. The van der Waals surface area contributed by atoms with Gasteiger partial charge in [-0.25, -0.2) is 9.97 Å². The van der Waals surface area contributed by atoms with Crippen LogP contribution in [-0.4, -0.2) is 184 Å². The third-order valence-electron chi connectivity index (χ3n) is 15.6. The fourth-order valence-electron chi connectivity index (χ4n) is 10.1. The number of aliphatic hydroxyl groups excluding tert-OH is 2. The van der Waals surface area contributed by atoms with Gasteiger partial charge in [-0.05, 0) is 126 Å². The Labute approximate surface area is 641 Å². The van der Waals surface area contributed by atoms with Gasteiger partial charge in [-0.15, -0.1) is 22.7 Å². The summed E-state index contributed by atoms with van der Waals surface area (Å²) in [5, 5.41) is 38.3. The van der Waals surface area contributed by atoms with Gasteiger partial charge in [0, 0.05) is 134 Å². The fraction of sp³-hybridized carbons (Fsp3) is 0.658. The number of aliphatic carboxylic acids is 1. The van der Waals surface area contributed by atoms with E-state index >= 15 is 0 Å². The third kappa shape index (κ3) is 38.5. The molecule has 0 saturated carbocycles. The van der Waals surface area contributed by atoms with Crippen molar-refractivity contribution in [1.82, 2.24) is 35.7 Å². The van der Waals surface area contributed by atoms with Crippen molar-refractivity contribution in [2.24, 2.45) is 22.3 Å². The summed E-state index contributed by atoms with van der Waals surface area (Å²) in [6, 6.07) is 12.8. The first-order chi connectivity index (χ1) is 47.8. The number of hydrogen-bond donors (Lipinski definition) is 8. The average Bonchev–Trinajstić information content (AvgIpc) is 1.71. The van der Waals surface area contributed by atoms with Crippen molar-refractivity contribution in [3.8, 4) is 20.9 Å². The van der Waals surface area contributed by atoms with Crippen molar-refractivity contribution in [3.05, 3.63) is 82.1 Å². The summed E-state index contributed by atoms with van der Waals surface area (Å²) in [5.74, 6) is -2.30. The van der Waals surface area contributed by atoms with Gasteiger partial charge in [0.1, 0.15) is 23.7 Å². The molecule has 2 fully saturated rings. The number of aryl methyl sites for hydroxylation is 2. The highest BCUT2D eigenvalue weighted by Crippen LogP contribution is 2.31. The van der Waals surface area contributed by atoms with Crippen molar-refractivity contribution in [3.63, 3.8) is 0 Å². The number of carboxylic acids is 1. The normalized spacial score (nSPS) is 16.2. The van der Waals surface area contributed by atoms with E-state index in [4.69, 9.17) is 29.8 Å². The number of thiazole rings is 2. The molecule has 0 aliphatic carbocycles. The molecular formula is C73H118BrI2N9O14S2. The standard InChI is InChI=1S/C30H44N4O5S.C22H30N4O3S.C11H21BrO3.C9H18O3.CH5N.I2/c1-6-14-39-15-8-7-9-25(36)33-27(30(3,4)5)29(38)34-18-23(35)16-24(34)28(37)31-17-21-10-12-22(13-11-21)26-20(2)32-19-40-26;1-13-18(30-12-25-13)15-7-5-14(6-8-15)10-24-20(28)17-9-16(27)11-26(17)21(29)19(23)22(2,3)4;1-11(2,3)15-10(13)6-4-5-8-14-9-7-12;1-2-3-7-12-8-5-4-6-9(10)11;2*1-2/h10-13,19,23-24,27,35H,6-9,14-18H2,1-5H3,(H,31,37)(H,33,36);5-8,12,16-17,19,27H,9-11,23H2,1-4H3,(H,24,28);4-9H2,1-3H3;2-8H2,1H3,(H,10,11);2H2,1H3;/t23-,24+,27-;16-,17+,19-;;;;/m11..../s1. The Hall–Kier alpha value is -4.35. The minimum absolute atomic E-state index is 0.0526. The Bertz CT molecular complexity index is 3000. The number of amides is 5. The predicted molar refractivity (Wildman–Crippen MR) is 424 cm³/mol. The van der Waals surface area contributed by atoms with Crippen LogP contribution in [-0.2, 0) is 65.6 Å². The molecule has 572 valence electrons. The lowest BCUT2D eigenvalue weighted by molar-refractivity contribution is -0.155. The molecule has 6 rings (SSSR count). The Balaban J connectivity index is 0.000000730. The number of nitrogens with two attached hydrogens (primary N) is 2. The summed E-state index contributed by atoms with van der Waals surface area (Å²) in [4.78, 5) is 100. The second-order valence-corrected chi connectivity index (χ2v) is 30.1. The lowest BCUT2D eigenvalue weighted by Gasteiger charge is -2.35. The maximum Gasteiger partial charge on any atom is 0.306 e. The number of halogens is 3. The Morgan fingerprint density at radius 1 is 0.604 bits per heavy atom. The van der Waals surface area contributed by atoms with Crippen LogP contribution in [0.2, 0.25) is 0 Å². The Morgan fingerprint density at radius 3 is 1.41 bits per heavy atom. The van der Waals surface area contributed by atoms with Crippen molar-refractivity contribution >= 4 is 117 Å². The SMILES string of the molecule is CC(C)(C)OC(=O)CCCCOCCBr.CCCCOCCCCC(=O)O.CCCOCCCCC(=O)N[C@H](C(=O)N1C[C@H](O)C[C@H]1C(=O)NCc1ccc(-c2scnc2C)cc1)C(C)(C)C.CN.Cc1ncsc1-c1ccc(CNC(=O)[C@@H]2C[C@@H](O)CN2C(=O)[C@@H](N)C(C)(C)C)cc1.II. The van der Waals surface area contributed by atoms with Crippen molar-refractivity contribution in [2.45, 2.75) is 235 Å². The lowest BCUT2D eigenvalue weighted by Crippen LogP contribution is -2.57. The summed E-state index contributed by atoms with van der Waals surface area (Å²) in [5.41, 5.74) is 18.9. The number of β-amino-alcohol motifs (C(OH)–C–C–N with tert-alkyl or cyclic N) is 2. The first kappa shape index (κ1) is 94.7. The molecule has 2 aliphatic rings. The van der Waals surface area contributed by atoms with Gasteiger partial charge in [-0.1, -0.05) is 126 Å². The van der Waals surface area contributed by atoms with Gasteiger partial charge in [-0.3, -0.25) is 33.6 Å². The number of likely N-dealkylation sites (tertiary alicyclic amines) is 2. The van der Waals surface area contributed by atoms with E-state index in [9.17, 15) is 43.8 Å². The Morgan fingerprint density at radius 2 is 1.02 bits per heavy atom. The summed E-state index contributed by atoms with van der Waals surface area (Å²) in [6.45, 7) is 30.2. The molecule has 2 aliphatic heterocycles. The molecule has 28 heteroatoms. The summed E-state index contributed by atoms with van der Waals surface area (Å²) in [7, 11) is 1.50. The number of alkyl halides is 1. The molecule has 0 spiro atoms. The van der Waals surface area contributed by atoms with Gasteiger partial charge in [0.05, 0.1) is 57.0 Å². The molecular weight excluding hydrogens is 1620 g/mol. The number of aromatic nitrogens is 2. The van der Waals surface area contributed by atoms with Crippen molar-refractivity contribution in [1.29, 1.82) is 0 Å². The molecule has 4 heterocycles. The number of hydrogen-bond acceptors (Lipinski definition) is 19. The van der Waals surface area contributed by atoms with E-state index in [1.807, 2.05) is 136 Å². The van der Waals surface area contributed by atoms with E-state index in [1.54, 1.807) is 22.7 Å². The number of ether oxygens (including phenoxy) is 4. The quantitative estimate of drug-likeness (QED) is 0.00950. The summed E-state index contributed by atoms with van der Waals surface area (Å²) < 4.78 is 21.2. The lowest BCUT2D eigenvalue weighted by atomic mass is 9.85. The second kappa shape index (κ2) is 51.8. The molecule has 2 saturated heterocycles. The van der Waals surface area contributed by atoms with Gasteiger partial charge in [0.2, 0.25) is 29.5 Å². The predicted octanol–water partition coefficient (Wildman–Crippen LogP) is 12.2. The molecule has 5 amide bonds. The van der Waals surface area contributed by atoms with E-state index in [2.05, 4.69) is 98.7 Å². The van der Waals surface area contributed by atoms with Crippen LogP contribution in [0, 0.1) is 24.7 Å². The van der Waals surface area contributed by atoms with E-state index in [0.717, 1.165) is 113 Å². The highest BCUT2D eigenvalue weighted by atomic mass is 128. The van der Waals surface area contributed by atoms with Gasteiger partial charge >= 0.3 is 11.9 Å². The topological polar surface area (TPSA) is 337 Å². The van der Waals surface area contributed by atoms with Crippen LogP contribution in [0.4, 0.5) is 0 Å². The smallest absolute Gasteiger partial charge is 0.306 e. The molecule has 0 bridgehead atoms. The molecule has 0 unspecified atom stereocenters. The number of carboxylic acid groups (broad SMARTS) is 1. The Kier molecular flexibility index (Phi) is 48.5.